The molecule has 0 radical (unpaired) electrons. The first-order valence-corrected chi connectivity index (χ1v) is 18.4. The molecule has 0 bridgehead atoms. The molecule has 1 aromatic carbocycles. The monoisotopic (exact) mass is 755 g/mol. The average Bonchev–Trinajstić information content (AvgIpc) is 3.78. The number of carbonyl (C=O) groups is 3. The summed E-state index contributed by atoms with van der Waals surface area (Å²) in [7, 11) is -3.99. The van der Waals surface area contributed by atoms with Crippen LogP contribution < -0.4 is 20.1 Å². The van der Waals surface area contributed by atoms with Gasteiger partial charge in [0.25, 0.3) is 5.91 Å². The van der Waals surface area contributed by atoms with Gasteiger partial charge in [0.15, 0.2) is 0 Å². The Bertz CT molecular complexity index is 1790. The van der Waals surface area contributed by atoms with Gasteiger partial charge in [0.05, 0.1) is 29.0 Å². The number of carbonyl (C=O) groups excluding carboxylic acids is 3. The molecule has 2 fully saturated rings. The van der Waals surface area contributed by atoms with Gasteiger partial charge in [-0.1, -0.05) is 39.0 Å². The molecular formula is C35H48F3N5O8S. The fourth-order valence-corrected chi connectivity index (χ4v) is 7.26. The highest BCUT2D eigenvalue weighted by Crippen LogP contribution is 2.36. The van der Waals surface area contributed by atoms with Crippen molar-refractivity contribution in [3.05, 3.63) is 48.7 Å². The van der Waals surface area contributed by atoms with Crippen LogP contribution in [0, 0.1) is 5.41 Å². The number of benzene rings is 1. The second kappa shape index (κ2) is 14.9. The predicted molar refractivity (Wildman–Crippen MR) is 186 cm³/mol. The van der Waals surface area contributed by atoms with E-state index in [1.54, 1.807) is 47.6 Å². The van der Waals surface area contributed by atoms with Gasteiger partial charge in [-0.15, -0.1) is 6.58 Å². The first-order chi connectivity index (χ1) is 23.8. The Morgan fingerprint density at radius 2 is 1.73 bits per heavy atom. The molecule has 13 nitrogen and oxygen atoms in total. The lowest BCUT2D eigenvalue weighted by atomic mass is 9.85. The summed E-state index contributed by atoms with van der Waals surface area (Å²) in [6, 6.07) is 4.31. The van der Waals surface area contributed by atoms with Crippen molar-refractivity contribution in [2.24, 2.45) is 5.41 Å². The number of fused-ring (bicyclic) bond motifs is 1. The van der Waals surface area contributed by atoms with E-state index in [2.05, 4.69) is 22.2 Å². The van der Waals surface area contributed by atoms with E-state index in [4.69, 9.17) is 9.47 Å². The van der Waals surface area contributed by atoms with Gasteiger partial charge in [-0.25, -0.2) is 13.4 Å². The smallest absolute Gasteiger partial charge is 0.433 e. The van der Waals surface area contributed by atoms with Crippen molar-refractivity contribution in [3.63, 3.8) is 0 Å². The van der Waals surface area contributed by atoms with Gasteiger partial charge in [0.2, 0.25) is 28.3 Å². The molecule has 1 saturated heterocycles. The third kappa shape index (κ3) is 9.99. The maximum atomic E-state index is 14.4. The van der Waals surface area contributed by atoms with Crippen LogP contribution in [0.2, 0.25) is 0 Å². The van der Waals surface area contributed by atoms with Crippen molar-refractivity contribution in [2.45, 2.75) is 121 Å². The van der Waals surface area contributed by atoms with Crippen molar-refractivity contribution < 1.29 is 50.6 Å². The maximum absolute atomic E-state index is 14.4. The predicted octanol–water partition coefficient (Wildman–Crippen LogP) is 3.76. The molecule has 1 saturated carbocycles. The van der Waals surface area contributed by atoms with Crippen molar-refractivity contribution >= 4 is 38.6 Å². The first-order valence-electron chi connectivity index (χ1n) is 16.9. The van der Waals surface area contributed by atoms with Crippen molar-refractivity contribution in [2.75, 3.05) is 6.54 Å². The van der Waals surface area contributed by atoms with Crippen LogP contribution in [0.4, 0.5) is 13.2 Å². The van der Waals surface area contributed by atoms with Crippen LogP contribution in [0.1, 0.15) is 79.8 Å². The van der Waals surface area contributed by atoms with Gasteiger partial charge in [-0.05, 0) is 64.5 Å². The molecule has 3 amide bonds. The Morgan fingerprint density at radius 3 is 2.29 bits per heavy atom. The number of nitrogens with one attached hydrogen (secondary N) is 3. The quantitative estimate of drug-likeness (QED) is 0.174. The Kier molecular flexibility index (Phi) is 11.7. The van der Waals surface area contributed by atoms with Gasteiger partial charge < -0.3 is 24.8 Å². The van der Waals surface area contributed by atoms with E-state index in [-0.39, 0.29) is 36.0 Å². The maximum Gasteiger partial charge on any atom is 0.433 e. The van der Waals surface area contributed by atoms with Crippen molar-refractivity contribution in [1.29, 1.82) is 0 Å². The molecule has 0 spiro atoms. The van der Waals surface area contributed by atoms with E-state index in [0.29, 0.717) is 12.8 Å². The molecule has 5 atom stereocenters. The lowest BCUT2D eigenvalue weighted by Crippen LogP contribution is -2.63. The number of hydrogen-bond acceptors (Lipinski definition) is 10. The van der Waals surface area contributed by atoms with Crippen LogP contribution in [0.3, 0.4) is 0 Å². The Labute approximate surface area is 301 Å². The molecule has 2 aliphatic rings. The van der Waals surface area contributed by atoms with E-state index in [1.165, 1.54) is 36.1 Å². The van der Waals surface area contributed by atoms with Crippen LogP contribution in [0.25, 0.3) is 10.9 Å². The van der Waals surface area contributed by atoms with Crippen LogP contribution in [-0.2, 0) is 35.3 Å². The van der Waals surface area contributed by atoms with Crippen molar-refractivity contribution in [3.8, 4) is 5.75 Å². The van der Waals surface area contributed by atoms with Gasteiger partial charge in [-0.3, -0.25) is 24.4 Å². The number of aliphatic hydroxyl groups excluding tert-OH is 1. The van der Waals surface area contributed by atoms with E-state index in [1.807, 2.05) is 4.72 Å². The number of likely N-dealkylation sites (tertiary alicyclic amines) is 1. The minimum Gasteiger partial charge on any atom is -0.488 e. The number of pyridine rings is 1. The number of ether oxygens (including phenoxy) is 2. The average molecular weight is 756 g/mol. The molecular weight excluding hydrogens is 707 g/mol. The largest absolute Gasteiger partial charge is 0.488 e. The van der Waals surface area contributed by atoms with Gasteiger partial charge in [0, 0.05) is 17.9 Å². The summed E-state index contributed by atoms with van der Waals surface area (Å²) in [6.07, 6.45) is -5.73. The highest BCUT2D eigenvalue weighted by molar-refractivity contribution is 7.91. The molecule has 4 N–H and O–H groups in total. The number of aliphatic hydroxyl groups is 1. The zero-order valence-corrected chi connectivity index (χ0v) is 31.2. The zero-order valence-electron chi connectivity index (χ0n) is 30.3. The number of amides is 3. The van der Waals surface area contributed by atoms with Gasteiger partial charge >= 0.3 is 6.18 Å². The summed E-state index contributed by atoms with van der Waals surface area (Å²) in [5.41, 5.74) is -4.69. The molecule has 52 heavy (non-hydrogen) atoms. The number of hydrogen-bond donors (Lipinski definition) is 4. The molecule has 1 aromatic heterocycles. The van der Waals surface area contributed by atoms with E-state index in [0.717, 1.165) is 6.07 Å². The summed E-state index contributed by atoms with van der Waals surface area (Å²) in [5, 5.41) is 15.7. The summed E-state index contributed by atoms with van der Waals surface area (Å²) in [4.78, 5) is 46.9. The molecule has 2 heterocycles. The lowest BCUT2D eigenvalue weighted by Gasteiger charge is -2.38. The molecule has 1 unspecified atom stereocenters. The second-order valence-corrected chi connectivity index (χ2v) is 17.5. The summed E-state index contributed by atoms with van der Waals surface area (Å²) in [5.74, 6) is -2.69. The minimum absolute atomic E-state index is 0.0183. The number of nitrogens with zero attached hydrogens (tertiary/aromatic N) is 2. The van der Waals surface area contributed by atoms with Gasteiger partial charge in [0.1, 0.15) is 29.1 Å². The molecule has 17 heteroatoms. The minimum atomic E-state index is -4.80. The number of halogens is 3. The standard InChI is InChI=1S/C35H48F3N5O8S/c1-9-16-34(8,30(46)42-52(48,49)21-14-15-21)41-28(44)24-17-20(50-25-18-26(35(36,37)38)39-23-13-11-10-12-22(23)25)19-43(24)29(45)27(32(2,3)4)40-31(47)51-33(5,6)7/h9-13,18,20-21,24,27,31,40,47H,1,14-17,19H2,2-8H3,(H,41,44)(H,42,46)/t20-,24+,27-,31?,34+/m1/s1. The van der Waals surface area contributed by atoms with E-state index >= 15 is 0 Å². The summed E-state index contributed by atoms with van der Waals surface area (Å²) in [6.45, 7) is 14.9. The summed E-state index contributed by atoms with van der Waals surface area (Å²) < 4.78 is 80.6. The van der Waals surface area contributed by atoms with E-state index in [9.17, 15) is 41.1 Å². The van der Waals surface area contributed by atoms with Crippen LogP contribution in [0.5, 0.6) is 5.75 Å². The molecule has 1 aliphatic carbocycles. The first kappa shape index (κ1) is 41.0. The fraction of sp³-hybridized carbons (Fsp3) is 0.600. The van der Waals surface area contributed by atoms with Crippen LogP contribution in [-0.4, -0.2) is 88.7 Å². The molecule has 4 rings (SSSR count). The van der Waals surface area contributed by atoms with Crippen LogP contribution in [0.15, 0.2) is 43.0 Å². The van der Waals surface area contributed by atoms with E-state index < -0.39 is 86.0 Å². The Morgan fingerprint density at radius 1 is 1.10 bits per heavy atom. The van der Waals surface area contributed by atoms with Crippen LogP contribution >= 0.6 is 0 Å². The number of alkyl halides is 3. The number of rotatable bonds is 13. The SMILES string of the molecule is C=CC[C@](C)(NC(=O)[C@@H]1C[C@@H](Oc2cc(C(F)(F)F)nc3ccccc23)CN1C(=O)[C@@H](NC(O)OC(C)(C)C)C(C)(C)C)C(=O)NS(=O)(=O)C1CC1. The molecule has 1 aliphatic heterocycles. The molecule has 2 aromatic rings. The second-order valence-electron chi connectivity index (χ2n) is 15.5. The van der Waals surface area contributed by atoms with Gasteiger partial charge in [-0.2, -0.15) is 13.2 Å². The Balaban J connectivity index is 1.71. The summed E-state index contributed by atoms with van der Waals surface area (Å²) >= 11 is 0. The Hall–Kier alpha value is -3.80. The zero-order chi connectivity index (χ0) is 39.0. The fourth-order valence-electron chi connectivity index (χ4n) is 5.86. The third-order valence-corrected chi connectivity index (χ3v) is 10.5. The third-order valence-electron chi connectivity index (χ3n) is 8.65. The highest BCUT2D eigenvalue weighted by Gasteiger charge is 2.49. The topological polar surface area (TPSA) is 176 Å². The highest BCUT2D eigenvalue weighted by atomic mass is 32.2. The number of aromatic nitrogens is 1. The molecule has 288 valence electrons. The number of para-hydroxylation sites is 1. The van der Waals surface area contributed by atoms with Crippen molar-refractivity contribution in [1.82, 2.24) is 25.2 Å². The number of sulfonamides is 1. The lowest BCUT2D eigenvalue weighted by molar-refractivity contribution is -0.192. The normalized spacial score (nSPS) is 20.9.